The highest BCUT2D eigenvalue weighted by Gasteiger charge is 2.27. The first-order valence-electron chi connectivity index (χ1n) is 6.58. The Hall–Kier alpha value is -1.89. The maximum absolute atomic E-state index is 9.38. The van der Waals surface area contributed by atoms with Crippen LogP contribution in [0.2, 0.25) is 0 Å². The third-order valence-corrected chi connectivity index (χ3v) is 3.75. The average Bonchev–Trinajstić information content (AvgIpc) is 3.06. The van der Waals surface area contributed by atoms with E-state index in [9.17, 15) is 5.11 Å². The number of anilines is 2. The topological polar surface area (TPSA) is 98.8 Å². The van der Waals surface area contributed by atoms with Crippen molar-refractivity contribution >= 4 is 22.8 Å². The molecule has 102 valence electrons. The van der Waals surface area contributed by atoms with Gasteiger partial charge in [0.25, 0.3) is 0 Å². The first-order chi connectivity index (χ1) is 9.31. The van der Waals surface area contributed by atoms with Crippen LogP contribution in [0, 0.1) is 5.92 Å². The number of aliphatic hydroxyl groups excluding tert-OH is 1. The minimum Gasteiger partial charge on any atom is -0.396 e. The van der Waals surface area contributed by atoms with E-state index < -0.39 is 0 Å². The Morgan fingerprint density at radius 3 is 3.11 bits per heavy atom. The highest BCUT2D eigenvalue weighted by atomic mass is 16.3. The van der Waals surface area contributed by atoms with Crippen molar-refractivity contribution in [3.8, 4) is 0 Å². The standard InChI is InChI=1S/C12H18N6O/c1-13-12-16-10(8-5-14-18-11(8)17-12)15-9-4-2-3-7(9)6-19/h5,7,9,19H,2-4,6H2,1H3,(H3,13,14,15,16,17,18). The number of nitrogens with one attached hydrogen (secondary N) is 3. The van der Waals surface area contributed by atoms with Gasteiger partial charge in [-0.05, 0) is 12.8 Å². The van der Waals surface area contributed by atoms with E-state index in [-0.39, 0.29) is 12.6 Å². The van der Waals surface area contributed by atoms with E-state index in [1.807, 2.05) is 0 Å². The number of aromatic amines is 1. The van der Waals surface area contributed by atoms with E-state index in [0.29, 0.717) is 17.5 Å². The molecule has 0 aliphatic heterocycles. The lowest BCUT2D eigenvalue weighted by Gasteiger charge is -2.20. The lowest BCUT2D eigenvalue weighted by atomic mass is 10.1. The number of hydrogen-bond donors (Lipinski definition) is 4. The van der Waals surface area contributed by atoms with Gasteiger partial charge in [-0.25, -0.2) is 0 Å². The maximum atomic E-state index is 9.38. The molecular weight excluding hydrogens is 244 g/mol. The Labute approximate surface area is 110 Å². The fourth-order valence-corrected chi connectivity index (χ4v) is 2.68. The predicted octanol–water partition coefficient (Wildman–Crippen LogP) is 0.967. The van der Waals surface area contributed by atoms with E-state index in [4.69, 9.17) is 0 Å². The quantitative estimate of drug-likeness (QED) is 0.655. The second-order valence-corrected chi connectivity index (χ2v) is 4.90. The molecule has 1 saturated carbocycles. The van der Waals surface area contributed by atoms with Gasteiger partial charge in [-0.1, -0.05) is 6.42 Å². The highest BCUT2D eigenvalue weighted by Crippen LogP contribution is 2.29. The zero-order valence-corrected chi connectivity index (χ0v) is 10.8. The van der Waals surface area contributed by atoms with E-state index in [2.05, 4.69) is 30.8 Å². The van der Waals surface area contributed by atoms with Gasteiger partial charge in [0.2, 0.25) is 5.95 Å². The fraction of sp³-hybridized carbons (Fsp3) is 0.583. The van der Waals surface area contributed by atoms with Crippen molar-refractivity contribution < 1.29 is 5.11 Å². The van der Waals surface area contributed by atoms with E-state index in [1.165, 1.54) is 0 Å². The lowest BCUT2D eigenvalue weighted by Crippen LogP contribution is -2.27. The van der Waals surface area contributed by atoms with Crippen molar-refractivity contribution in [3.63, 3.8) is 0 Å². The van der Waals surface area contributed by atoms with Crippen LogP contribution < -0.4 is 10.6 Å². The molecule has 1 aliphatic carbocycles. The molecule has 0 amide bonds. The SMILES string of the molecule is CNc1nc(NC2CCCC2CO)c2cn[nH]c2n1. The normalized spacial score (nSPS) is 22.8. The summed E-state index contributed by atoms with van der Waals surface area (Å²) in [6, 6.07) is 0.266. The summed E-state index contributed by atoms with van der Waals surface area (Å²) >= 11 is 0. The number of hydrogen-bond acceptors (Lipinski definition) is 6. The molecular formula is C12H18N6O. The second kappa shape index (κ2) is 5.00. The summed E-state index contributed by atoms with van der Waals surface area (Å²) in [5.41, 5.74) is 0.709. The van der Waals surface area contributed by atoms with Gasteiger partial charge in [0.1, 0.15) is 5.82 Å². The van der Waals surface area contributed by atoms with Gasteiger partial charge in [0.15, 0.2) is 5.65 Å². The van der Waals surface area contributed by atoms with Crippen LogP contribution in [0.4, 0.5) is 11.8 Å². The molecule has 7 nitrogen and oxygen atoms in total. The third-order valence-electron chi connectivity index (χ3n) is 3.75. The Morgan fingerprint density at radius 2 is 2.32 bits per heavy atom. The van der Waals surface area contributed by atoms with Gasteiger partial charge in [-0.3, -0.25) is 5.10 Å². The number of H-pyrrole nitrogens is 1. The van der Waals surface area contributed by atoms with Gasteiger partial charge in [-0.15, -0.1) is 0 Å². The molecule has 4 N–H and O–H groups in total. The Balaban J connectivity index is 1.92. The number of fused-ring (bicyclic) bond motifs is 1. The molecule has 2 unspecified atom stereocenters. The van der Waals surface area contributed by atoms with E-state index in [1.54, 1.807) is 13.2 Å². The molecule has 0 spiro atoms. The zero-order chi connectivity index (χ0) is 13.2. The molecule has 2 heterocycles. The summed E-state index contributed by atoms with van der Waals surface area (Å²) in [4.78, 5) is 8.75. The molecule has 2 aromatic rings. The van der Waals surface area contributed by atoms with Crippen molar-refractivity contribution in [2.75, 3.05) is 24.3 Å². The van der Waals surface area contributed by atoms with Crippen LogP contribution in [-0.2, 0) is 0 Å². The number of nitrogens with zero attached hydrogens (tertiary/aromatic N) is 3. The van der Waals surface area contributed by atoms with Crippen LogP contribution in [-0.4, -0.2) is 45.0 Å². The summed E-state index contributed by atoms with van der Waals surface area (Å²) in [6.45, 7) is 0.218. The smallest absolute Gasteiger partial charge is 0.226 e. The number of rotatable bonds is 4. The largest absolute Gasteiger partial charge is 0.396 e. The minimum absolute atomic E-state index is 0.218. The lowest BCUT2D eigenvalue weighted by molar-refractivity contribution is 0.222. The van der Waals surface area contributed by atoms with Crippen LogP contribution in [0.25, 0.3) is 11.0 Å². The number of aliphatic hydroxyl groups is 1. The average molecular weight is 262 g/mol. The summed E-state index contributed by atoms with van der Waals surface area (Å²) in [5.74, 6) is 1.63. The third kappa shape index (κ3) is 2.21. The number of aromatic nitrogens is 4. The summed E-state index contributed by atoms with van der Waals surface area (Å²) in [5, 5.41) is 23.5. The van der Waals surface area contributed by atoms with Gasteiger partial charge in [0.05, 0.1) is 11.6 Å². The van der Waals surface area contributed by atoms with Crippen LogP contribution in [0.1, 0.15) is 19.3 Å². The van der Waals surface area contributed by atoms with Crippen LogP contribution in [0.15, 0.2) is 6.20 Å². The minimum atomic E-state index is 0.218. The molecule has 3 rings (SSSR count). The van der Waals surface area contributed by atoms with Crippen molar-refractivity contribution in [1.29, 1.82) is 0 Å². The summed E-state index contributed by atoms with van der Waals surface area (Å²) in [7, 11) is 1.79. The molecule has 0 aromatic carbocycles. The molecule has 0 bridgehead atoms. The van der Waals surface area contributed by atoms with E-state index in [0.717, 1.165) is 30.5 Å². The summed E-state index contributed by atoms with van der Waals surface area (Å²) in [6.07, 6.45) is 4.98. The van der Waals surface area contributed by atoms with E-state index >= 15 is 0 Å². The van der Waals surface area contributed by atoms with Crippen molar-refractivity contribution in [3.05, 3.63) is 6.20 Å². The monoisotopic (exact) mass is 262 g/mol. The van der Waals surface area contributed by atoms with Gasteiger partial charge in [-0.2, -0.15) is 15.1 Å². The van der Waals surface area contributed by atoms with Crippen molar-refractivity contribution in [2.24, 2.45) is 5.92 Å². The molecule has 0 radical (unpaired) electrons. The molecule has 0 saturated heterocycles. The molecule has 1 aliphatic rings. The predicted molar refractivity (Wildman–Crippen MR) is 73.1 cm³/mol. The van der Waals surface area contributed by atoms with Crippen LogP contribution in [0.3, 0.4) is 0 Å². The first kappa shape index (κ1) is 12.2. The maximum Gasteiger partial charge on any atom is 0.226 e. The summed E-state index contributed by atoms with van der Waals surface area (Å²) < 4.78 is 0. The highest BCUT2D eigenvalue weighted by molar-refractivity contribution is 5.87. The van der Waals surface area contributed by atoms with Crippen LogP contribution in [0.5, 0.6) is 0 Å². The Kier molecular flexibility index (Phi) is 3.20. The fourth-order valence-electron chi connectivity index (χ4n) is 2.68. The zero-order valence-electron chi connectivity index (χ0n) is 10.8. The molecule has 2 aromatic heterocycles. The van der Waals surface area contributed by atoms with Gasteiger partial charge >= 0.3 is 0 Å². The first-order valence-corrected chi connectivity index (χ1v) is 6.58. The van der Waals surface area contributed by atoms with Gasteiger partial charge < -0.3 is 15.7 Å². The van der Waals surface area contributed by atoms with Crippen molar-refractivity contribution in [1.82, 2.24) is 20.2 Å². The molecule has 7 heteroatoms. The van der Waals surface area contributed by atoms with Gasteiger partial charge in [0, 0.05) is 25.6 Å². The Morgan fingerprint density at radius 1 is 1.42 bits per heavy atom. The molecule has 2 atom stereocenters. The second-order valence-electron chi connectivity index (χ2n) is 4.90. The van der Waals surface area contributed by atoms with Crippen molar-refractivity contribution in [2.45, 2.75) is 25.3 Å². The Bertz CT molecular complexity index is 568. The van der Waals surface area contributed by atoms with Crippen LogP contribution >= 0.6 is 0 Å². The molecule has 19 heavy (non-hydrogen) atoms. The molecule has 1 fully saturated rings.